The molecule has 0 radical (unpaired) electrons. The summed E-state index contributed by atoms with van der Waals surface area (Å²) in [5, 5.41) is 22.6. The number of carbonyl (C=O) groups is 5. The molecule has 0 bridgehead atoms. The fourth-order valence-corrected chi connectivity index (χ4v) is 5.77. The van der Waals surface area contributed by atoms with E-state index in [4.69, 9.17) is 0 Å². The summed E-state index contributed by atoms with van der Waals surface area (Å²) in [7, 11) is 0. The van der Waals surface area contributed by atoms with Gasteiger partial charge in [0, 0.05) is 36.0 Å². The number of nitrogens with zero attached hydrogens (tertiary/aromatic N) is 5. The molecule has 15 heteroatoms. The third-order valence-electron chi connectivity index (χ3n) is 8.37. The molecule has 3 atom stereocenters. The molecule has 0 saturated carbocycles. The summed E-state index contributed by atoms with van der Waals surface area (Å²) in [5.74, 6) is -1.49. The van der Waals surface area contributed by atoms with E-state index in [9.17, 15) is 24.0 Å². The Morgan fingerprint density at radius 1 is 0.863 bits per heavy atom. The summed E-state index contributed by atoms with van der Waals surface area (Å²) < 4.78 is 1.46. The van der Waals surface area contributed by atoms with Crippen molar-refractivity contribution in [2.45, 2.75) is 65.2 Å². The van der Waals surface area contributed by atoms with E-state index in [1.807, 2.05) is 50.2 Å². The van der Waals surface area contributed by atoms with Crippen LogP contribution in [0.5, 0.6) is 0 Å². The van der Waals surface area contributed by atoms with Gasteiger partial charge in [0.1, 0.15) is 24.5 Å². The van der Waals surface area contributed by atoms with E-state index in [2.05, 4.69) is 41.5 Å². The van der Waals surface area contributed by atoms with Crippen molar-refractivity contribution in [2.24, 2.45) is 5.92 Å². The lowest BCUT2D eigenvalue weighted by Crippen LogP contribution is -2.54. The number of rotatable bonds is 5. The first-order chi connectivity index (χ1) is 24.5. The van der Waals surface area contributed by atoms with Crippen molar-refractivity contribution < 1.29 is 24.0 Å². The lowest BCUT2D eigenvalue weighted by molar-refractivity contribution is -0.132. The predicted octanol–water partition coefficient (Wildman–Crippen LogP) is 2.21. The van der Waals surface area contributed by atoms with Crippen molar-refractivity contribution in [3.63, 3.8) is 0 Å². The maximum Gasteiger partial charge on any atom is 0.254 e. The molecule has 268 valence electrons. The van der Waals surface area contributed by atoms with E-state index in [1.54, 1.807) is 37.5 Å². The van der Waals surface area contributed by atoms with E-state index in [0.29, 0.717) is 30.1 Å². The Balaban J connectivity index is 1.42. The highest BCUT2D eigenvalue weighted by Crippen LogP contribution is 2.21. The lowest BCUT2D eigenvalue weighted by atomic mass is 10.0. The molecule has 1 aliphatic heterocycles. The monoisotopic (exact) mass is 696 g/mol. The predicted molar refractivity (Wildman–Crippen MR) is 189 cm³/mol. The van der Waals surface area contributed by atoms with E-state index in [0.717, 1.165) is 16.7 Å². The molecular weight excluding hydrogens is 652 g/mol. The van der Waals surface area contributed by atoms with Gasteiger partial charge in [0.25, 0.3) is 5.91 Å². The molecule has 5 amide bonds. The van der Waals surface area contributed by atoms with Crippen LogP contribution in [0.3, 0.4) is 0 Å². The Hall–Kier alpha value is -5.86. The first-order valence-corrected chi connectivity index (χ1v) is 17.0. The fraction of sp³-hybridized carbons (Fsp3) is 0.389. The van der Waals surface area contributed by atoms with Gasteiger partial charge in [-0.15, -0.1) is 0 Å². The van der Waals surface area contributed by atoms with Gasteiger partial charge in [-0.1, -0.05) is 56.3 Å². The molecule has 15 nitrogen and oxygen atoms in total. The summed E-state index contributed by atoms with van der Waals surface area (Å²) in [5.41, 5.74) is 2.67. The van der Waals surface area contributed by atoms with Crippen molar-refractivity contribution in [1.29, 1.82) is 0 Å². The average Bonchev–Trinajstić information content (AvgIpc) is 3.80. The summed E-state index contributed by atoms with van der Waals surface area (Å²) in [6.45, 7) is 6.95. The molecular formula is C36H44N10O5. The van der Waals surface area contributed by atoms with Gasteiger partial charge >= 0.3 is 0 Å². The number of hydrogen-bond donors (Lipinski definition) is 5. The van der Waals surface area contributed by atoms with Gasteiger partial charge in [-0.3, -0.25) is 29.1 Å². The van der Waals surface area contributed by atoms with E-state index < -0.39 is 41.8 Å². The van der Waals surface area contributed by atoms with Gasteiger partial charge in [-0.05, 0) is 50.3 Å². The zero-order valence-corrected chi connectivity index (χ0v) is 29.2. The van der Waals surface area contributed by atoms with Crippen molar-refractivity contribution in [1.82, 2.24) is 51.1 Å². The number of carbonyl (C=O) groups excluding carboxylic acids is 5. The topological polar surface area (TPSA) is 196 Å². The van der Waals surface area contributed by atoms with Crippen molar-refractivity contribution >= 4 is 29.5 Å². The van der Waals surface area contributed by atoms with Crippen LogP contribution >= 0.6 is 0 Å². The second-order valence-corrected chi connectivity index (χ2v) is 13.0. The molecule has 4 aromatic rings. The molecule has 0 aliphatic carbocycles. The number of amides is 5. The standard InChI is InChI=1S/C36H44N10O5/c1-22(2)16-29-35(50)41-23(3)33-43-32(25-10-6-5-7-11-25)44-46(33)21-30(47)37-14-9-15-45(20-31(48)40-24(4)34(49)42-29)36(51)27-13-8-12-26(17-27)28-18-38-39-19-28/h5-8,10-13,17-19,22-24,29H,9,14-16,20-21H2,1-4H3,(H,37,47)(H,38,39)(H,40,48)(H,41,50)(H,42,49)/t23-,24+,29+/m0/s1. The number of fused-ring (bicyclic) bond motifs is 1. The lowest BCUT2D eigenvalue weighted by Gasteiger charge is -2.25. The van der Waals surface area contributed by atoms with Crippen LogP contribution in [0.25, 0.3) is 22.5 Å². The highest BCUT2D eigenvalue weighted by molar-refractivity contribution is 5.98. The smallest absolute Gasteiger partial charge is 0.254 e. The van der Waals surface area contributed by atoms with E-state index in [1.165, 1.54) is 16.5 Å². The Labute approximate surface area is 296 Å². The van der Waals surface area contributed by atoms with Crippen LogP contribution < -0.4 is 21.3 Å². The van der Waals surface area contributed by atoms with Crippen LogP contribution in [0.15, 0.2) is 67.0 Å². The summed E-state index contributed by atoms with van der Waals surface area (Å²) >= 11 is 0. The Morgan fingerprint density at radius 3 is 2.35 bits per heavy atom. The maximum absolute atomic E-state index is 13.8. The zero-order valence-electron chi connectivity index (χ0n) is 29.2. The fourth-order valence-electron chi connectivity index (χ4n) is 5.77. The molecule has 3 heterocycles. The third kappa shape index (κ3) is 9.65. The van der Waals surface area contributed by atoms with E-state index in [-0.39, 0.29) is 38.0 Å². The molecule has 5 N–H and O–H groups in total. The van der Waals surface area contributed by atoms with Crippen molar-refractivity contribution in [3.8, 4) is 22.5 Å². The molecule has 51 heavy (non-hydrogen) atoms. The molecule has 1 aliphatic rings. The number of hydrogen-bond acceptors (Lipinski definition) is 8. The van der Waals surface area contributed by atoms with Crippen molar-refractivity contribution in [3.05, 3.63) is 78.4 Å². The SMILES string of the molecule is CC(C)C[C@H]1NC(=O)[C@@H](C)NC(=O)CN(C(=O)c2cccc(-c3cn[nH]c3)c2)CCCNC(=O)Cn2nc(-c3ccccc3)nc2[C@H](C)NC1=O. The summed E-state index contributed by atoms with van der Waals surface area (Å²) in [6, 6.07) is 13.7. The molecule has 2 aromatic heterocycles. The summed E-state index contributed by atoms with van der Waals surface area (Å²) in [4.78, 5) is 73.3. The molecule has 0 saturated heterocycles. The van der Waals surface area contributed by atoms with Gasteiger partial charge in [0.2, 0.25) is 23.6 Å². The molecule has 2 aromatic carbocycles. The van der Waals surface area contributed by atoms with Crippen molar-refractivity contribution in [2.75, 3.05) is 19.6 Å². The average molecular weight is 697 g/mol. The molecule has 0 spiro atoms. The molecule has 5 rings (SSSR count). The molecule has 0 unspecified atom stereocenters. The number of aromatic nitrogens is 5. The zero-order chi connectivity index (χ0) is 36.5. The minimum atomic E-state index is -1.00. The highest BCUT2D eigenvalue weighted by Gasteiger charge is 2.29. The Morgan fingerprint density at radius 2 is 1.63 bits per heavy atom. The number of H-pyrrole nitrogens is 1. The van der Waals surface area contributed by atoms with Crippen LogP contribution in [-0.2, 0) is 25.7 Å². The van der Waals surface area contributed by atoms with Gasteiger partial charge < -0.3 is 26.2 Å². The number of benzene rings is 2. The second-order valence-electron chi connectivity index (χ2n) is 13.0. The normalized spacial score (nSPS) is 19.9. The van der Waals surface area contributed by atoms with Crippen LogP contribution in [0.2, 0.25) is 0 Å². The minimum Gasteiger partial charge on any atom is -0.354 e. The van der Waals surface area contributed by atoms with Crippen LogP contribution in [0.4, 0.5) is 0 Å². The Kier molecular flexibility index (Phi) is 11.9. The Bertz CT molecular complexity index is 1840. The third-order valence-corrected chi connectivity index (χ3v) is 8.37. The van der Waals surface area contributed by atoms with Gasteiger partial charge in [-0.2, -0.15) is 10.2 Å². The highest BCUT2D eigenvalue weighted by atomic mass is 16.2. The molecule has 0 fully saturated rings. The largest absolute Gasteiger partial charge is 0.354 e. The maximum atomic E-state index is 13.8. The quantitative estimate of drug-likeness (QED) is 0.209. The first kappa shape index (κ1) is 36.4. The van der Waals surface area contributed by atoms with E-state index >= 15 is 0 Å². The van der Waals surface area contributed by atoms with Crippen LogP contribution in [-0.4, -0.2) is 91.1 Å². The first-order valence-electron chi connectivity index (χ1n) is 17.0. The summed E-state index contributed by atoms with van der Waals surface area (Å²) in [6.07, 6.45) is 4.03. The van der Waals surface area contributed by atoms with Gasteiger partial charge in [-0.25, -0.2) is 9.67 Å². The minimum absolute atomic E-state index is 0.0477. The van der Waals surface area contributed by atoms with Gasteiger partial charge in [0.15, 0.2) is 5.82 Å². The van der Waals surface area contributed by atoms with Crippen LogP contribution in [0.1, 0.15) is 62.8 Å². The van der Waals surface area contributed by atoms with Gasteiger partial charge in [0.05, 0.1) is 18.8 Å². The van der Waals surface area contributed by atoms with Crippen LogP contribution in [0, 0.1) is 5.92 Å². The number of aromatic amines is 1. The second kappa shape index (κ2) is 16.7. The number of nitrogens with one attached hydrogen (secondary N) is 5.